The molecule has 12 aromatic carbocycles. The number of fused-ring (bicyclic) bond motifs is 9. The fraction of sp³-hybridized carbons (Fsp3) is 0. The molecule has 0 atom stereocenters. The smallest absolute Gasteiger partial charge is 0.187 e. The molecule has 83 heavy (non-hydrogen) atoms. The second-order valence-electron chi connectivity index (χ2n) is 21.0. The van der Waals surface area contributed by atoms with Gasteiger partial charge in [-0.05, 0) is 107 Å². The number of nitrogens with zero attached hydrogens (tertiary/aromatic N) is 7. The molecule has 0 N–H and O–H groups in total. The lowest BCUT2D eigenvalue weighted by Crippen LogP contribution is -2.05. The maximum atomic E-state index is 7.85. The number of hydrogen-bond acceptors (Lipinski definition) is 3. The van der Waals surface area contributed by atoms with E-state index in [1.807, 2.05) is 54.6 Å². The van der Waals surface area contributed by atoms with Gasteiger partial charge in [-0.1, -0.05) is 200 Å². The molecule has 0 saturated heterocycles. The van der Waals surface area contributed by atoms with Gasteiger partial charge >= 0.3 is 0 Å². The van der Waals surface area contributed by atoms with E-state index in [1.165, 1.54) is 21.5 Å². The molecule has 4 aromatic heterocycles. The highest BCUT2D eigenvalue weighted by molar-refractivity contribution is 6.13. The molecule has 4 heterocycles. The van der Waals surface area contributed by atoms with Gasteiger partial charge in [-0.3, -0.25) is 0 Å². The Labute approximate surface area is 478 Å². The van der Waals surface area contributed by atoms with E-state index in [1.54, 1.807) is 0 Å². The van der Waals surface area contributed by atoms with Gasteiger partial charge in [-0.25, -0.2) is 19.8 Å². The molecule has 7 heteroatoms. The zero-order valence-electron chi connectivity index (χ0n) is 44.8. The van der Waals surface area contributed by atoms with Gasteiger partial charge in [-0.2, -0.15) is 0 Å². The molecule has 0 fully saturated rings. The minimum absolute atomic E-state index is 0.553. The zero-order valence-corrected chi connectivity index (χ0v) is 44.8. The summed E-state index contributed by atoms with van der Waals surface area (Å²) in [5.74, 6) is 1.73. The van der Waals surface area contributed by atoms with E-state index in [0.29, 0.717) is 23.2 Å². The Hall–Kier alpha value is -11.5. The van der Waals surface area contributed by atoms with Gasteiger partial charge in [0.2, 0.25) is 0 Å². The first-order valence-corrected chi connectivity index (χ1v) is 27.9. The highest BCUT2D eigenvalue weighted by Crippen LogP contribution is 2.46. The number of aromatic nitrogens is 6. The third-order valence-electron chi connectivity index (χ3n) is 16.3. The van der Waals surface area contributed by atoms with Crippen molar-refractivity contribution in [2.45, 2.75) is 0 Å². The largest absolute Gasteiger partial charge is 0.309 e. The minimum Gasteiger partial charge on any atom is -0.309 e. The number of benzene rings is 12. The molecule has 0 amide bonds. The van der Waals surface area contributed by atoms with Gasteiger partial charge in [0.1, 0.15) is 0 Å². The van der Waals surface area contributed by atoms with Crippen molar-refractivity contribution in [3.63, 3.8) is 0 Å². The molecule has 386 valence electrons. The lowest BCUT2D eigenvalue weighted by molar-refractivity contribution is 1.07. The monoisotopic (exact) mass is 1060 g/mol. The molecule has 0 saturated carbocycles. The lowest BCUT2D eigenvalue weighted by Gasteiger charge is -2.22. The van der Waals surface area contributed by atoms with E-state index in [2.05, 4.69) is 249 Å². The van der Waals surface area contributed by atoms with Crippen LogP contribution in [0.25, 0.3) is 155 Å². The Balaban J connectivity index is 1.04. The van der Waals surface area contributed by atoms with Gasteiger partial charge in [0.25, 0.3) is 0 Å². The molecule has 7 nitrogen and oxygen atoms in total. The Morgan fingerprint density at radius 3 is 1.08 bits per heavy atom. The Bertz CT molecular complexity index is 4950. The van der Waals surface area contributed by atoms with Gasteiger partial charge in [0, 0.05) is 71.5 Å². The first-order valence-electron chi connectivity index (χ1n) is 27.9. The molecule has 0 aliphatic carbocycles. The van der Waals surface area contributed by atoms with Crippen LogP contribution in [0.3, 0.4) is 0 Å². The van der Waals surface area contributed by atoms with Crippen molar-refractivity contribution < 1.29 is 0 Å². The van der Waals surface area contributed by atoms with Gasteiger partial charge in [0.05, 0.1) is 45.4 Å². The maximum Gasteiger partial charge on any atom is 0.187 e. The zero-order chi connectivity index (χ0) is 55.0. The van der Waals surface area contributed by atoms with E-state index < -0.39 is 0 Å². The third-order valence-corrected chi connectivity index (χ3v) is 16.3. The maximum absolute atomic E-state index is 7.85. The first-order chi connectivity index (χ1) is 41.1. The van der Waals surface area contributed by atoms with Crippen LogP contribution >= 0.6 is 0 Å². The second kappa shape index (κ2) is 19.4. The summed E-state index contributed by atoms with van der Waals surface area (Å²) in [5, 5.41) is 7.01. The molecule has 0 radical (unpaired) electrons. The van der Waals surface area contributed by atoms with Crippen molar-refractivity contribution >= 4 is 71.1 Å². The molecular formula is C76H47N7. The summed E-state index contributed by atoms with van der Waals surface area (Å²) < 4.78 is 7.25. The van der Waals surface area contributed by atoms with E-state index in [9.17, 15) is 0 Å². The van der Waals surface area contributed by atoms with Crippen LogP contribution in [0.15, 0.2) is 285 Å². The van der Waals surface area contributed by atoms with Crippen LogP contribution in [0.5, 0.6) is 0 Å². The highest BCUT2D eigenvalue weighted by Gasteiger charge is 2.25. The SMILES string of the molecule is [C-]#[N+]c1cccc(-c2ccc3c(c2)c2ccccc2n3-c2c(-c3cccc(-n4c5ccccc5c5ccccc54)c3)cc(-c3nc(-c4ccccc4)nc(-c4ccccc4)n3)cc2-c2cccc(-n3c4ccccc4c4ccccc43)c2)c1. The van der Waals surface area contributed by atoms with Crippen molar-refractivity contribution in [2.24, 2.45) is 0 Å². The lowest BCUT2D eigenvalue weighted by atomic mass is 9.92. The predicted octanol–water partition coefficient (Wildman–Crippen LogP) is 19.7. The van der Waals surface area contributed by atoms with Crippen LogP contribution in [0.4, 0.5) is 5.69 Å². The Kier molecular flexibility index (Phi) is 11.1. The quantitative estimate of drug-likeness (QED) is 0.135. The molecule has 0 bridgehead atoms. The summed E-state index contributed by atoms with van der Waals surface area (Å²) in [7, 11) is 0. The molecule has 0 unspecified atom stereocenters. The van der Waals surface area contributed by atoms with Crippen LogP contribution in [-0.4, -0.2) is 28.7 Å². The molecule has 16 aromatic rings. The summed E-state index contributed by atoms with van der Waals surface area (Å²) in [6, 6.07) is 101. The van der Waals surface area contributed by atoms with Crippen LogP contribution in [0.1, 0.15) is 0 Å². The third kappa shape index (κ3) is 7.92. The fourth-order valence-electron chi connectivity index (χ4n) is 12.6. The van der Waals surface area contributed by atoms with Crippen LogP contribution in [0.2, 0.25) is 0 Å². The van der Waals surface area contributed by atoms with Gasteiger partial charge in [0.15, 0.2) is 23.2 Å². The molecule has 16 rings (SSSR count). The summed E-state index contributed by atoms with van der Waals surface area (Å²) in [5.41, 5.74) is 19.0. The van der Waals surface area contributed by atoms with E-state index >= 15 is 0 Å². The first kappa shape index (κ1) is 47.5. The van der Waals surface area contributed by atoms with Crippen LogP contribution < -0.4 is 0 Å². The topological polar surface area (TPSA) is 57.8 Å². The molecule has 0 aliphatic heterocycles. The second-order valence-corrected chi connectivity index (χ2v) is 21.0. The molecular weight excluding hydrogens is 1010 g/mol. The van der Waals surface area contributed by atoms with E-state index in [-0.39, 0.29) is 0 Å². The highest BCUT2D eigenvalue weighted by atomic mass is 15.0. The average Bonchev–Trinajstić information content (AvgIpc) is 3.50. The van der Waals surface area contributed by atoms with Crippen molar-refractivity contribution in [2.75, 3.05) is 0 Å². The fourth-order valence-corrected chi connectivity index (χ4v) is 12.6. The average molecular weight is 1060 g/mol. The predicted molar refractivity (Wildman–Crippen MR) is 342 cm³/mol. The van der Waals surface area contributed by atoms with E-state index in [4.69, 9.17) is 21.5 Å². The minimum atomic E-state index is 0.553. The van der Waals surface area contributed by atoms with Crippen molar-refractivity contribution in [1.29, 1.82) is 0 Å². The standard InChI is InChI=1S/C76H47N7/c1-77-56-28-18-25-51(43-56)52-41-42-72-66(46-52)63-35-12-17-40-71(63)83(72)73-64(53-26-19-29-57(44-53)81-67-36-13-8-31-59(67)60-32-9-14-37-68(60)81)47-55(76-79-74(49-21-4-2-5-22-49)78-75(80-76)50-23-6-3-7-24-50)48-65(73)54-27-20-30-58(45-54)82-69-38-15-10-33-61(69)62-34-11-16-39-70(62)82/h2-48H. The van der Waals surface area contributed by atoms with Crippen molar-refractivity contribution in [3.05, 3.63) is 297 Å². The van der Waals surface area contributed by atoms with Crippen molar-refractivity contribution in [1.82, 2.24) is 28.7 Å². The Morgan fingerprint density at radius 2 is 0.614 bits per heavy atom. The van der Waals surface area contributed by atoms with Crippen LogP contribution in [-0.2, 0) is 0 Å². The summed E-state index contributed by atoms with van der Waals surface area (Å²) >= 11 is 0. The Morgan fingerprint density at radius 1 is 0.253 bits per heavy atom. The summed E-state index contributed by atoms with van der Waals surface area (Å²) in [6.45, 7) is 7.85. The van der Waals surface area contributed by atoms with Crippen molar-refractivity contribution in [3.8, 4) is 84.6 Å². The van der Waals surface area contributed by atoms with Gasteiger partial charge in [-0.15, -0.1) is 0 Å². The number of hydrogen-bond donors (Lipinski definition) is 0. The van der Waals surface area contributed by atoms with Gasteiger partial charge < -0.3 is 13.7 Å². The molecule has 0 aliphatic rings. The normalized spacial score (nSPS) is 11.6. The van der Waals surface area contributed by atoms with E-state index in [0.717, 1.165) is 111 Å². The number of para-hydroxylation sites is 5. The molecule has 0 spiro atoms. The number of rotatable bonds is 9. The van der Waals surface area contributed by atoms with Crippen LogP contribution in [0, 0.1) is 6.57 Å². The summed E-state index contributed by atoms with van der Waals surface area (Å²) in [4.78, 5) is 19.8. The summed E-state index contributed by atoms with van der Waals surface area (Å²) in [6.07, 6.45) is 0.